The molecule has 0 aliphatic carbocycles. The molecule has 2 aromatic heterocycles. The average Bonchev–Trinajstić information content (AvgIpc) is 3.06. The Morgan fingerprint density at radius 3 is 2.88 bits per heavy atom. The van der Waals surface area contributed by atoms with Crippen molar-refractivity contribution in [3.05, 3.63) is 30.4 Å². The van der Waals surface area contributed by atoms with E-state index in [0.29, 0.717) is 31.1 Å². The highest BCUT2D eigenvalue weighted by Gasteiger charge is 2.34. The molecule has 0 radical (unpaired) electrons. The van der Waals surface area contributed by atoms with E-state index >= 15 is 0 Å². The van der Waals surface area contributed by atoms with Crippen molar-refractivity contribution in [3.8, 4) is 11.5 Å². The van der Waals surface area contributed by atoms with Crippen LogP contribution >= 0.6 is 0 Å². The standard InChI is InChI=1S/C16H23N5O3/c1-23-14-4-6-17-13(15(14)24-2)10-20-8-3-5-16(22,11-20)12-21-9-7-18-19-21/h4,6-7,9,22H,3,5,8,10-12H2,1-2H3. The van der Waals surface area contributed by atoms with E-state index in [-0.39, 0.29) is 0 Å². The molecule has 8 heteroatoms. The lowest BCUT2D eigenvalue weighted by Crippen LogP contribution is -2.50. The van der Waals surface area contributed by atoms with Gasteiger partial charge in [0.05, 0.1) is 32.6 Å². The molecule has 24 heavy (non-hydrogen) atoms. The third-order valence-electron chi connectivity index (χ3n) is 4.30. The summed E-state index contributed by atoms with van der Waals surface area (Å²) in [6.07, 6.45) is 6.75. The largest absolute Gasteiger partial charge is 0.493 e. The zero-order valence-electron chi connectivity index (χ0n) is 14.1. The molecule has 1 N–H and O–H groups in total. The number of β-amino-alcohol motifs (C(OH)–C–C–N with tert-alkyl or cyclic N) is 1. The maximum atomic E-state index is 10.9. The lowest BCUT2D eigenvalue weighted by Gasteiger charge is -2.39. The van der Waals surface area contributed by atoms with Crippen LogP contribution in [-0.4, -0.2) is 62.9 Å². The maximum absolute atomic E-state index is 10.9. The second kappa shape index (κ2) is 7.14. The van der Waals surface area contributed by atoms with Gasteiger partial charge in [0, 0.05) is 31.5 Å². The Morgan fingerprint density at radius 1 is 1.29 bits per heavy atom. The maximum Gasteiger partial charge on any atom is 0.183 e. The molecule has 3 heterocycles. The number of methoxy groups -OCH3 is 2. The molecule has 130 valence electrons. The van der Waals surface area contributed by atoms with Gasteiger partial charge in [-0.25, -0.2) is 4.68 Å². The molecule has 0 amide bonds. The van der Waals surface area contributed by atoms with Gasteiger partial charge in [0.15, 0.2) is 11.5 Å². The number of aromatic nitrogens is 4. The number of hydrogen-bond donors (Lipinski definition) is 1. The fraction of sp³-hybridized carbons (Fsp3) is 0.562. The SMILES string of the molecule is COc1ccnc(CN2CCCC(O)(Cn3ccnn3)C2)c1OC. The van der Waals surface area contributed by atoms with Crippen LogP contribution < -0.4 is 9.47 Å². The minimum atomic E-state index is -0.821. The molecule has 0 aromatic carbocycles. The number of aliphatic hydroxyl groups is 1. The first-order chi connectivity index (χ1) is 11.6. The molecule has 3 rings (SSSR count). The van der Waals surface area contributed by atoms with E-state index in [0.717, 1.165) is 25.1 Å². The molecule has 0 bridgehead atoms. The summed E-state index contributed by atoms with van der Waals surface area (Å²) in [5, 5.41) is 18.7. The normalized spacial score (nSPS) is 21.6. The highest BCUT2D eigenvalue weighted by atomic mass is 16.5. The second-order valence-corrected chi connectivity index (χ2v) is 6.13. The van der Waals surface area contributed by atoms with Gasteiger partial charge in [-0.1, -0.05) is 5.21 Å². The van der Waals surface area contributed by atoms with Gasteiger partial charge >= 0.3 is 0 Å². The Labute approximate surface area is 141 Å². The third-order valence-corrected chi connectivity index (χ3v) is 4.30. The summed E-state index contributed by atoms with van der Waals surface area (Å²) in [4.78, 5) is 6.61. The number of pyridine rings is 1. The average molecular weight is 333 g/mol. The van der Waals surface area contributed by atoms with E-state index in [2.05, 4.69) is 20.2 Å². The zero-order valence-corrected chi connectivity index (χ0v) is 14.1. The monoisotopic (exact) mass is 333 g/mol. The van der Waals surface area contributed by atoms with Gasteiger partial charge < -0.3 is 14.6 Å². The van der Waals surface area contributed by atoms with Gasteiger partial charge in [0.2, 0.25) is 0 Å². The number of hydrogen-bond acceptors (Lipinski definition) is 7. The van der Waals surface area contributed by atoms with Crippen molar-refractivity contribution in [2.75, 3.05) is 27.3 Å². The molecule has 2 aromatic rings. The summed E-state index contributed by atoms with van der Waals surface area (Å²) >= 11 is 0. The smallest absolute Gasteiger partial charge is 0.183 e. The molecular formula is C16H23N5O3. The highest BCUT2D eigenvalue weighted by Crippen LogP contribution is 2.31. The van der Waals surface area contributed by atoms with Crippen LogP contribution in [0.2, 0.25) is 0 Å². The first kappa shape index (κ1) is 16.7. The van der Waals surface area contributed by atoms with Crippen molar-refractivity contribution < 1.29 is 14.6 Å². The van der Waals surface area contributed by atoms with Gasteiger partial charge in [0.1, 0.15) is 5.69 Å². The van der Waals surface area contributed by atoms with E-state index in [1.54, 1.807) is 43.6 Å². The fourth-order valence-corrected chi connectivity index (χ4v) is 3.26. The van der Waals surface area contributed by atoms with Crippen LogP contribution in [-0.2, 0) is 13.1 Å². The summed E-state index contributed by atoms with van der Waals surface area (Å²) in [7, 11) is 3.22. The van der Waals surface area contributed by atoms with Crippen molar-refractivity contribution in [2.45, 2.75) is 31.5 Å². The molecule has 1 aliphatic heterocycles. The first-order valence-electron chi connectivity index (χ1n) is 7.98. The topological polar surface area (TPSA) is 85.5 Å². The lowest BCUT2D eigenvalue weighted by atomic mass is 9.92. The van der Waals surface area contributed by atoms with E-state index in [1.165, 1.54) is 0 Å². The summed E-state index contributed by atoms with van der Waals surface area (Å²) in [5.41, 5.74) is -0.0141. The summed E-state index contributed by atoms with van der Waals surface area (Å²) < 4.78 is 12.4. The molecule has 1 aliphatic rings. The Hall–Kier alpha value is -2.19. The number of nitrogens with zero attached hydrogens (tertiary/aromatic N) is 5. The minimum absolute atomic E-state index is 0.437. The van der Waals surface area contributed by atoms with Crippen molar-refractivity contribution >= 4 is 0 Å². The Bertz CT molecular complexity index is 664. The summed E-state index contributed by atoms with van der Waals surface area (Å²) in [6.45, 7) is 2.49. The van der Waals surface area contributed by atoms with Crippen LogP contribution in [0.4, 0.5) is 0 Å². The van der Waals surface area contributed by atoms with Gasteiger partial charge in [-0.3, -0.25) is 9.88 Å². The van der Waals surface area contributed by atoms with Crippen LogP contribution in [0, 0.1) is 0 Å². The molecule has 8 nitrogen and oxygen atoms in total. The third kappa shape index (κ3) is 3.65. The summed E-state index contributed by atoms with van der Waals surface area (Å²) in [5.74, 6) is 1.31. The Morgan fingerprint density at radius 2 is 2.17 bits per heavy atom. The van der Waals surface area contributed by atoms with E-state index < -0.39 is 5.60 Å². The number of ether oxygens (including phenoxy) is 2. The van der Waals surface area contributed by atoms with Gasteiger partial charge in [-0.15, -0.1) is 5.10 Å². The molecule has 1 fully saturated rings. The molecule has 1 unspecified atom stereocenters. The first-order valence-corrected chi connectivity index (χ1v) is 7.98. The Balaban J connectivity index is 1.71. The van der Waals surface area contributed by atoms with Crippen molar-refractivity contribution in [1.82, 2.24) is 24.9 Å². The number of piperidine rings is 1. The molecule has 1 saturated heterocycles. The molecule has 1 atom stereocenters. The number of likely N-dealkylation sites (tertiary alicyclic amines) is 1. The van der Waals surface area contributed by atoms with E-state index in [1.807, 2.05) is 0 Å². The predicted molar refractivity (Wildman–Crippen MR) is 86.8 cm³/mol. The molecule has 0 spiro atoms. The van der Waals surface area contributed by atoms with Crippen molar-refractivity contribution in [2.24, 2.45) is 0 Å². The fourth-order valence-electron chi connectivity index (χ4n) is 3.26. The van der Waals surface area contributed by atoms with Crippen LogP contribution in [0.25, 0.3) is 0 Å². The minimum Gasteiger partial charge on any atom is -0.493 e. The number of rotatable bonds is 6. The second-order valence-electron chi connectivity index (χ2n) is 6.13. The van der Waals surface area contributed by atoms with Gasteiger partial charge in [-0.05, 0) is 19.4 Å². The Kier molecular flexibility index (Phi) is 4.96. The molecular weight excluding hydrogens is 310 g/mol. The van der Waals surface area contributed by atoms with Crippen LogP contribution in [0.3, 0.4) is 0 Å². The van der Waals surface area contributed by atoms with Crippen LogP contribution in [0.15, 0.2) is 24.7 Å². The van der Waals surface area contributed by atoms with E-state index in [4.69, 9.17) is 9.47 Å². The summed E-state index contributed by atoms with van der Waals surface area (Å²) in [6, 6.07) is 1.78. The quantitative estimate of drug-likeness (QED) is 0.833. The van der Waals surface area contributed by atoms with Crippen LogP contribution in [0.1, 0.15) is 18.5 Å². The van der Waals surface area contributed by atoms with Crippen molar-refractivity contribution in [1.29, 1.82) is 0 Å². The zero-order chi connectivity index (χ0) is 17.0. The van der Waals surface area contributed by atoms with E-state index in [9.17, 15) is 5.11 Å². The highest BCUT2D eigenvalue weighted by molar-refractivity contribution is 5.42. The predicted octanol–water partition coefficient (Wildman–Crippen LogP) is 0.717. The van der Waals surface area contributed by atoms with Gasteiger partial charge in [0.25, 0.3) is 0 Å². The van der Waals surface area contributed by atoms with Crippen LogP contribution in [0.5, 0.6) is 11.5 Å². The molecule has 0 saturated carbocycles. The van der Waals surface area contributed by atoms with Crippen molar-refractivity contribution in [3.63, 3.8) is 0 Å². The van der Waals surface area contributed by atoms with Gasteiger partial charge in [-0.2, -0.15) is 0 Å². The lowest BCUT2D eigenvalue weighted by molar-refractivity contribution is -0.0482.